The maximum Gasteiger partial charge on any atom is 0.246 e. The van der Waals surface area contributed by atoms with E-state index in [4.69, 9.17) is 11.1 Å². The highest BCUT2D eigenvalue weighted by Gasteiger charge is 2.30. The van der Waals surface area contributed by atoms with Gasteiger partial charge in [-0.1, -0.05) is 6.07 Å². The van der Waals surface area contributed by atoms with Crippen molar-refractivity contribution in [3.8, 4) is 0 Å². The van der Waals surface area contributed by atoms with Crippen molar-refractivity contribution in [1.29, 1.82) is 5.41 Å². The molecule has 1 unspecified atom stereocenters. The molecule has 2 aromatic carbocycles. The topological polar surface area (TPSA) is 85.5 Å². The SMILES string of the molecule is CN1CCc2cc(C(=N)c3cc(NC(=O)C(c4ccsc4)N4CCCC4)ccc3N)ccc21. The second-order valence-corrected chi connectivity index (χ2v) is 9.66. The van der Waals surface area contributed by atoms with Gasteiger partial charge in [0.25, 0.3) is 0 Å². The zero-order chi connectivity index (χ0) is 22.9. The zero-order valence-corrected chi connectivity index (χ0v) is 19.6. The third kappa shape index (κ3) is 4.26. The van der Waals surface area contributed by atoms with Gasteiger partial charge in [-0.3, -0.25) is 15.1 Å². The van der Waals surface area contributed by atoms with Crippen molar-refractivity contribution in [3.05, 3.63) is 75.5 Å². The van der Waals surface area contributed by atoms with Gasteiger partial charge in [-0.2, -0.15) is 11.3 Å². The lowest BCUT2D eigenvalue weighted by atomic mass is 9.97. The van der Waals surface area contributed by atoms with Crippen molar-refractivity contribution in [2.75, 3.05) is 42.6 Å². The van der Waals surface area contributed by atoms with Crippen LogP contribution in [0.4, 0.5) is 17.1 Å². The van der Waals surface area contributed by atoms with E-state index in [-0.39, 0.29) is 11.9 Å². The quantitative estimate of drug-likeness (QED) is 0.374. The van der Waals surface area contributed by atoms with Gasteiger partial charge in [0.15, 0.2) is 0 Å². The van der Waals surface area contributed by atoms with E-state index in [0.717, 1.165) is 50.0 Å². The van der Waals surface area contributed by atoms with Gasteiger partial charge in [0.2, 0.25) is 5.91 Å². The van der Waals surface area contributed by atoms with Gasteiger partial charge < -0.3 is 16.0 Å². The van der Waals surface area contributed by atoms with E-state index in [9.17, 15) is 4.79 Å². The molecule has 5 rings (SSSR count). The van der Waals surface area contributed by atoms with Gasteiger partial charge in [0, 0.05) is 41.8 Å². The number of anilines is 3. The second kappa shape index (κ2) is 9.00. The first-order chi connectivity index (χ1) is 16.0. The molecule has 1 amide bonds. The summed E-state index contributed by atoms with van der Waals surface area (Å²) < 4.78 is 0. The molecule has 3 aromatic rings. The number of nitrogens with zero attached hydrogens (tertiary/aromatic N) is 2. The molecular weight excluding hydrogens is 430 g/mol. The van der Waals surface area contributed by atoms with Crippen LogP contribution in [0.1, 0.15) is 41.1 Å². The summed E-state index contributed by atoms with van der Waals surface area (Å²) in [5.74, 6) is -0.0434. The molecule has 0 aliphatic carbocycles. The van der Waals surface area contributed by atoms with Crippen LogP contribution in [0.5, 0.6) is 0 Å². The summed E-state index contributed by atoms with van der Waals surface area (Å²) in [5, 5.41) is 16.0. The number of thiophene rings is 1. The Morgan fingerprint density at radius 1 is 1.12 bits per heavy atom. The van der Waals surface area contributed by atoms with Crippen LogP contribution in [0.15, 0.2) is 53.2 Å². The smallest absolute Gasteiger partial charge is 0.246 e. The van der Waals surface area contributed by atoms with Crippen molar-refractivity contribution in [2.45, 2.75) is 25.3 Å². The number of likely N-dealkylation sites (tertiary alicyclic amines) is 1. The Bertz CT molecular complexity index is 1180. The number of nitrogens with one attached hydrogen (secondary N) is 2. The summed E-state index contributed by atoms with van der Waals surface area (Å²) in [5.41, 5.74) is 12.8. The first-order valence-electron chi connectivity index (χ1n) is 11.4. The fourth-order valence-corrected chi connectivity index (χ4v) is 5.58. The van der Waals surface area contributed by atoms with E-state index >= 15 is 0 Å². The van der Waals surface area contributed by atoms with Gasteiger partial charge in [0.1, 0.15) is 6.04 Å². The van der Waals surface area contributed by atoms with Crippen molar-refractivity contribution in [3.63, 3.8) is 0 Å². The van der Waals surface area contributed by atoms with E-state index in [1.165, 1.54) is 11.3 Å². The maximum absolute atomic E-state index is 13.4. The lowest BCUT2D eigenvalue weighted by Gasteiger charge is -2.26. The molecule has 6 nitrogen and oxygen atoms in total. The van der Waals surface area contributed by atoms with Crippen molar-refractivity contribution in [1.82, 2.24) is 4.90 Å². The number of hydrogen-bond acceptors (Lipinski definition) is 6. The van der Waals surface area contributed by atoms with Crippen LogP contribution in [-0.4, -0.2) is 43.2 Å². The number of nitrogens with two attached hydrogens (primary N) is 1. The van der Waals surface area contributed by atoms with E-state index in [1.807, 2.05) is 29.6 Å². The summed E-state index contributed by atoms with van der Waals surface area (Å²) in [6.07, 6.45) is 3.22. The largest absolute Gasteiger partial charge is 0.398 e. The maximum atomic E-state index is 13.4. The van der Waals surface area contributed by atoms with Crippen LogP contribution in [0.2, 0.25) is 0 Å². The first kappa shape index (κ1) is 21.7. The highest BCUT2D eigenvalue weighted by molar-refractivity contribution is 7.08. The molecule has 1 aromatic heterocycles. The highest BCUT2D eigenvalue weighted by Crippen LogP contribution is 2.31. The summed E-state index contributed by atoms with van der Waals surface area (Å²) in [7, 11) is 2.09. The van der Waals surface area contributed by atoms with Gasteiger partial charge in [-0.05, 0) is 90.6 Å². The normalized spacial score (nSPS) is 16.6. The molecule has 1 atom stereocenters. The number of amides is 1. The molecule has 4 N–H and O–H groups in total. The van der Waals surface area contributed by atoms with Crippen LogP contribution in [0, 0.1) is 5.41 Å². The molecule has 33 heavy (non-hydrogen) atoms. The van der Waals surface area contributed by atoms with Crippen LogP contribution >= 0.6 is 11.3 Å². The van der Waals surface area contributed by atoms with Gasteiger partial charge in [0.05, 0.1) is 5.71 Å². The molecule has 7 heteroatoms. The average Bonchev–Trinajstić information content (AvgIpc) is 3.59. The van der Waals surface area contributed by atoms with Crippen LogP contribution in [-0.2, 0) is 11.2 Å². The molecule has 0 radical (unpaired) electrons. The molecule has 3 heterocycles. The number of likely N-dealkylation sites (N-methyl/N-ethyl adjacent to an activating group) is 1. The second-order valence-electron chi connectivity index (χ2n) is 8.88. The fraction of sp³-hybridized carbons (Fsp3) is 0.308. The minimum absolute atomic E-state index is 0.0434. The minimum atomic E-state index is -0.298. The number of benzene rings is 2. The van der Waals surface area contributed by atoms with E-state index in [2.05, 4.69) is 39.7 Å². The standard InChI is InChI=1S/C26H29N5OS/c1-30-12-8-17-14-18(4-7-23(17)30)24(28)21-15-20(5-6-22(21)27)29-26(32)25(19-9-13-33-16-19)31-10-2-3-11-31/h4-7,9,13-16,25,28H,2-3,8,10-12,27H2,1H3,(H,29,32). The Morgan fingerprint density at radius 3 is 2.70 bits per heavy atom. The highest BCUT2D eigenvalue weighted by atomic mass is 32.1. The number of fused-ring (bicyclic) bond motifs is 1. The summed E-state index contributed by atoms with van der Waals surface area (Å²) in [6.45, 7) is 2.86. The molecule has 0 bridgehead atoms. The first-order valence-corrected chi connectivity index (χ1v) is 12.4. The summed E-state index contributed by atoms with van der Waals surface area (Å²) >= 11 is 1.61. The van der Waals surface area contributed by atoms with Crippen molar-refractivity contribution >= 4 is 40.0 Å². The van der Waals surface area contributed by atoms with Gasteiger partial charge in [-0.15, -0.1) is 0 Å². The third-order valence-corrected chi connectivity index (χ3v) is 7.40. The lowest BCUT2D eigenvalue weighted by molar-refractivity contribution is -0.121. The molecule has 2 aliphatic heterocycles. The van der Waals surface area contributed by atoms with E-state index < -0.39 is 0 Å². The van der Waals surface area contributed by atoms with E-state index in [1.54, 1.807) is 17.4 Å². The van der Waals surface area contributed by atoms with Crippen LogP contribution in [0.3, 0.4) is 0 Å². The molecule has 0 saturated carbocycles. The molecule has 1 saturated heterocycles. The Kier molecular flexibility index (Phi) is 5.91. The fourth-order valence-electron chi connectivity index (χ4n) is 4.90. The molecule has 170 valence electrons. The van der Waals surface area contributed by atoms with Gasteiger partial charge in [-0.25, -0.2) is 0 Å². The minimum Gasteiger partial charge on any atom is -0.398 e. The third-order valence-electron chi connectivity index (χ3n) is 6.70. The van der Waals surface area contributed by atoms with Crippen LogP contribution in [0.25, 0.3) is 0 Å². The summed E-state index contributed by atoms with van der Waals surface area (Å²) in [6, 6.07) is 13.3. The summed E-state index contributed by atoms with van der Waals surface area (Å²) in [4.78, 5) is 17.8. The number of carbonyl (C=O) groups excluding carboxylic acids is 1. The van der Waals surface area contributed by atoms with Crippen molar-refractivity contribution < 1.29 is 4.79 Å². The average molecular weight is 460 g/mol. The molecular formula is C26H29N5OS. The van der Waals surface area contributed by atoms with E-state index in [0.29, 0.717) is 22.6 Å². The number of rotatable bonds is 6. The number of carbonyl (C=O) groups is 1. The Hall–Kier alpha value is -3.16. The monoisotopic (exact) mass is 459 g/mol. The lowest BCUT2D eigenvalue weighted by Crippen LogP contribution is -2.35. The van der Waals surface area contributed by atoms with Gasteiger partial charge >= 0.3 is 0 Å². The Labute approximate surface area is 198 Å². The zero-order valence-electron chi connectivity index (χ0n) is 18.8. The molecule has 0 spiro atoms. The number of hydrogen-bond donors (Lipinski definition) is 3. The van der Waals surface area contributed by atoms with Crippen LogP contribution < -0.4 is 16.0 Å². The molecule has 2 aliphatic rings. The Morgan fingerprint density at radius 2 is 1.94 bits per heavy atom. The number of nitrogen functional groups attached to an aromatic ring is 1. The predicted molar refractivity (Wildman–Crippen MR) is 137 cm³/mol. The Balaban J connectivity index is 1.39. The predicted octanol–water partition coefficient (Wildman–Crippen LogP) is 4.51. The van der Waals surface area contributed by atoms with Crippen molar-refractivity contribution in [2.24, 2.45) is 0 Å². The molecule has 1 fully saturated rings.